The molecule has 0 saturated heterocycles. The van der Waals surface area contributed by atoms with Gasteiger partial charge in [-0.2, -0.15) is 4.98 Å². The molecule has 1 heterocycles. The van der Waals surface area contributed by atoms with Gasteiger partial charge >= 0.3 is 0 Å². The number of hydrogen-bond donors (Lipinski definition) is 1. The summed E-state index contributed by atoms with van der Waals surface area (Å²) in [7, 11) is 3.72. The van der Waals surface area contributed by atoms with E-state index in [1.165, 1.54) is 0 Å². The molecule has 0 fully saturated rings. The number of nitrogens with one attached hydrogen (secondary N) is 1. The van der Waals surface area contributed by atoms with Crippen LogP contribution in [0.3, 0.4) is 0 Å². The molecular formula is C12H22N4O. The van der Waals surface area contributed by atoms with Gasteiger partial charge in [0.25, 0.3) is 0 Å². The molecule has 5 heteroatoms. The molecule has 0 unspecified atom stereocenters. The molecule has 0 aromatic carbocycles. The monoisotopic (exact) mass is 238 g/mol. The van der Waals surface area contributed by atoms with Crippen molar-refractivity contribution in [3.05, 3.63) is 11.9 Å². The molecule has 0 aliphatic heterocycles. The van der Waals surface area contributed by atoms with Crippen LogP contribution in [0.15, 0.2) is 6.07 Å². The van der Waals surface area contributed by atoms with Crippen LogP contribution in [0.5, 0.6) is 5.88 Å². The Morgan fingerprint density at radius 3 is 2.71 bits per heavy atom. The number of methoxy groups -OCH3 is 1. The van der Waals surface area contributed by atoms with Crippen molar-refractivity contribution in [2.75, 3.05) is 32.6 Å². The van der Waals surface area contributed by atoms with E-state index in [2.05, 4.69) is 41.1 Å². The van der Waals surface area contributed by atoms with E-state index >= 15 is 0 Å². The summed E-state index contributed by atoms with van der Waals surface area (Å²) in [6, 6.07) is 2.36. The largest absolute Gasteiger partial charge is 0.481 e. The zero-order valence-electron chi connectivity index (χ0n) is 11.3. The average Bonchev–Trinajstić information content (AvgIpc) is 2.27. The number of rotatable bonds is 6. The smallest absolute Gasteiger partial charge is 0.218 e. The second-order valence-electron chi connectivity index (χ2n) is 4.34. The third-order valence-electron chi connectivity index (χ3n) is 2.68. The van der Waals surface area contributed by atoms with Crippen molar-refractivity contribution in [3.63, 3.8) is 0 Å². The van der Waals surface area contributed by atoms with Crippen LogP contribution < -0.4 is 10.1 Å². The summed E-state index contributed by atoms with van der Waals surface area (Å²) < 4.78 is 5.10. The molecule has 1 rings (SSSR count). The van der Waals surface area contributed by atoms with Gasteiger partial charge in [-0.05, 0) is 27.8 Å². The van der Waals surface area contributed by atoms with Gasteiger partial charge in [0.05, 0.1) is 7.11 Å². The van der Waals surface area contributed by atoms with E-state index in [1.54, 1.807) is 7.11 Å². The molecule has 0 saturated carbocycles. The van der Waals surface area contributed by atoms with Gasteiger partial charge in [0.2, 0.25) is 5.88 Å². The summed E-state index contributed by atoms with van der Waals surface area (Å²) in [5.41, 5.74) is 0. The minimum atomic E-state index is 0.554. The van der Waals surface area contributed by atoms with Crippen LogP contribution in [-0.4, -0.2) is 48.2 Å². The molecule has 96 valence electrons. The molecule has 0 aliphatic carbocycles. The number of aryl methyl sites for hydroxylation is 1. The Morgan fingerprint density at radius 2 is 2.12 bits per heavy atom. The van der Waals surface area contributed by atoms with E-state index in [9.17, 15) is 0 Å². The van der Waals surface area contributed by atoms with Gasteiger partial charge in [-0.1, -0.05) is 0 Å². The first kappa shape index (κ1) is 13.7. The van der Waals surface area contributed by atoms with Crippen molar-refractivity contribution in [1.82, 2.24) is 14.9 Å². The van der Waals surface area contributed by atoms with Crippen LogP contribution in [0.2, 0.25) is 0 Å². The van der Waals surface area contributed by atoms with Crippen LogP contribution in [0.1, 0.15) is 19.7 Å². The molecule has 0 bridgehead atoms. The lowest BCUT2D eigenvalue weighted by Crippen LogP contribution is -2.31. The fourth-order valence-corrected chi connectivity index (χ4v) is 1.35. The summed E-state index contributed by atoms with van der Waals surface area (Å²) in [6.45, 7) is 8.04. The second kappa shape index (κ2) is 6.39. The number of likely N-dealkylation sites (N-methyl/N-ethyl adjacent to an activating group) is 1. The fourth-order valence-electron chi connectivity index (χ4n) is 1.35. The van der Waals surface area contributed by atoms with Gasteiger partial charge < -0.3 is 15.0 Å². The summed E-state index contributed by atoms with van der Waals surface area (Å²) >= 11 is 0. The molecule has 0 atom stereocenters. The average molecular weight is 238 g/mol. The van der Waals surface area contributed by atoms with Crippen LogP contribution in [0, 0.1) is 6.92 Å². The lowest BCUT2D eigenvalue weighted by Gasteiger charge is -2.21. The Morgan fingerprint density at radius 1 is 1.41 bits per heavy atom. The van der Waals surface area contributed by atoms with E-state index in [1.807, 2.05) is 13.0 Å². The highest BCUT2D eigenvalue weighted by Gasteiger charge is 2.04. The van der Waals surface area contributed by atoms with Crippen LogP contribution in [-0.2, 0) is 0 Å². The number of aromatic nitrogens is 2. The summed E-state index contributed by atoms with van der Waals surface area (Å²) in [6.07, 6.45) is 0. The minimum Gasteiger partial charge on any atom is -0.481 e. The van der Waals surface area contributed by atoms with E-state index in [0.29, 0.717) is 17.7 Å². The molecular weight excluding hydrogens is 216 g/mol. The third kappa shape index (κ3) is 4.56. The molecule has 0 spiro atoms. The maximum absolute atomic E-state index is 5.10. The maximum Gasteiger partial charge on any atom is 0.218 e. The Hall–Kier alpha value is -1.36. The first-order valence-corrected chi connectivity index (χ1v) is 5.86. The highest BCUT2D eigenvalue weighted by Crippen LogP contribution is 2.12. The molecule has 0 radical (unpaired) electrons. The fraction of sp³-hybridized carbons (Fsp3) is 0.667. The van der Waals surface area contributed by atoms with E-state index < -0.39 is 0 Å². The number of ether oxygens (including phenoxy) is 1. The van der Waals surface area contributed by atoms with Gasteiger partial charge in [-0.3, -0.25) is 0 Å². The van der Waals surface area contributed by atoms with Crippen molar-refractivity contribution in [3.8, 4) is 5.88 Å². The Kier molecular flexibility index (Phi) is 5.15. The normalized spacial score (nSPS) is 11.0. The zero-order chi connectivity index (χ0) is 12.8. The second-order valence-corrected chi connectivity index (χ2v) is 4.34. The zero-order valence-corrected chi connectivity index (χ0v) is 11.3. The molecule has 1 N–H and O–H groups in total. The molecule has 0 amide bonds. The molecule has 17 heavy (non-hydrogen) atoms. The van der Waals surface area contributed by atoms with Crippen molar-refractivity contribution < 1.29 is 4.74 Å². The standard InChI is InChI=1S/C12H22N4O/c1-9(2)16(4)7-6-13-11-8-12(17-5)15-10(3)14-11/h8-9H,6-7H2,1-5H3,(H,13,14,15). The van der Waals surface area contributed by atoms with Crippen molar-refractivity contribution in [2.45, 2.75) is 26.8 Å². The molecule has 5 nitrogen and oxygen atoms in total. The van der Waals surface area contributed by atoms with E-state index in [-0.39, 0.29) is 0 Å². The maximum atomic E-state index is 5.10. The van der Waals surface area contributed by atoms with Crippen molar-refractivity contribution in [2.24, 2.45) is 0 Å². The van der Waals surface area contributed by atoms with E-state index in [0.717, 1.165) is 18.9 Å². The molecule has 1 aromatic heterocycles. The Balaban J connectivity index is 2.49. The third-order valence-corrected chi connectivity index (χ3v) is 2.68. The summed E-state index contributed by atoms with van der Waals surface area (Å²) in [4.78, 5) is 10.7. The van der Waals surface area contributed by atoms with E-state index in [4.69, 9.17) is 4.74 Å². The Labute approximate surface area is 103 Å². The lowest BCUT2D eigenvalue weighted by molar-refractivity contribution is 0.284. The van der Waals surface area contributed by atoms with Gasteiger partial charge in [-0.15, -0.1) is 0 Å². The lowest BCUT2D eigenvalue weighted by atomic mass is 10.3. The summed E-state index contributed by atoms with van der Waals surface area (Å²) in [5, 5.41) is 3.27. The quantitative estimate of drug-likeness (QED) is 0.815. The number of anilines is 1. The van der Waals surface area contributed by atoms with Gasteiger partial charge in [0.1, 0.15) is 11.6 Å². The van der Waals surface area contributed by atoms with Crippen LogP contribution >= 0.6 is 0 Å². The highest BCUT2D eigenvalue weighted by molar-refractivity contribution is 5.38. The first-order valence-electron chi connectivity index (χ1n) is 5.86. The number of nitrogens with zero attached hydrogens (tertiary/aromatic N) is 3. The SMILES string of the molecule is COc1cc(NCCN(C)C(C)C)nc(C)n1. The van der Waals surface area contributed by atoms with Crippen molar-refractivity contribution >= 4 is 5.82 Å². The predicted octanol–water partition coefficient (Wildman–Crippen LogP) is 1.55. The van der Waals surface area contributed by atoms with Crippen molar-refractivity contribution in [1.29, 1.82) is 0 Å². The number of hydrogen-bond acceptors (Lipinski definition) is 5. The van der Waals surface area contributed by atoms with Crippen LogP contribution in [0.4, 0.5) is 5.82 Å². The topological polar surface area (TPSA) is 50.3 Å². The summed E-state index contributed by atoms with van der Waals surface area (Å²) in [5.74, 6) is 2.12. The van der Waals surface area contributed by atoms with Gasteiger partial charge in [0.15, 0.2) is 0 Å². The molecule has 0 aliphatic rings. The Bertz CT molecular complexity index is 354. The van der Waals surface area contributed by atoms with Crippen LogP contribution in [0.25, 0.3) is 0 Å². The molecule has 1 aromatic rings. The van der Waals surface area contributed by atoms with Gasteiger partial charge in [0, 0.05) is 25.2 Å². The first-order chi connectivity index (χ1) is 8.02. The minimum absolute atomic E-state index is 0.554. The highest BCUT2D eigenvalue weighted by atomic mass is 16.5. The predicted molar refractivity (Wildman–Crippen MR) is 69.6 cm³/mol. The van der Waals surface area contributed by atoms with Gasteiger partial charge in [-0.25, -0.2) is 4.98 Å².